The zero-order valence-electron chi connectivity index (χ0n) is 15.1. The second kappa shape index (κ2) is 7.82. The molecule has 1 amide bonds. The molecule has 1 N–H and O–H groups in total. The maximum Gasteiger partial charge on any atom is 0.251 e. The number of carbonyl (C=O) groups excluding carboxylic acids is 1. The first kappa shape index (κ1) is 17.7. The first-order chi connectivity index (χ1) is 12.5. The number of ether oxygens (including phenoxy) is 1. The molecule has 6 heteroatoms. The van der Waals surface area contributed by atoms with Crippen molar-refractivity contribution < 1.29 is 9.53 Å². The molecule has 1 aromatic heterocycles. The van der Waals surface area contributed by atoms with E-state index in [1.165, 1.54) is 0 Å². The topological polar surface area (TPSA) is 69.0 Å². The molecule has 2 aromatic carbocycles. The van der Waals surface area contributed by atoms with Crippen molar-refractivity contribution in [1.29, 1.82) is 0 Å². The van der Waals surface area contributed by atoms with Gasteiger partial charge in [0.2, 0.25) is 0 Å². The zero-order chi connectivity index (χ0) is 18.5. The van der Waals surface area contributed by atoms with Gasteiger partial charge < -0.3 is 10.1 Å². The fourth-order valence-corrected chi connectivity index (χ4v) is 2.53. The molecule has 134 valence electrons. The van der Waals surface area contributed by atoms with Crippen molar-refractivity contribution in [2.45, 2.75) is 20.0 Å². The predicted molar refractivity (Wildman–Crippen MR) is 100 cm³/mol. The molecule has 6 nitrogen and oxygen atoms in total. The van der Waals surface area contributed by atoms with Gasteiger partial charge in [-0.3, -0.25) is 9.48 Å². The Kier molecular flexibility index (Phi) is 5.31. The molecule has 0 saturated carbocycles. The number of nitrogens with one attached hydrogen (secondary N) is 1. The Labute approximate surface area is 152 Å². The van der Waals surface area contributed by atoms with Crippen LogP contribution in [0.25, 0.3) is 11.4 Å². The van der Waals surface area contributed by atoms with E-state index < -0.39 is 0 Å². The van der Waals surface area contributed by atoms with Gasteiger partial charge in [-0.1, -0.05) is 30.3 Å². The Balaban J connectivity index is 1.55. The third-order valence-corrected chi connectivity index (χ3v) is 3.98. The van der Waals surface area contributed by atoms with E-state index >= 15 is 0 Å². The highest BCUT2D eigenvalue weighted by Crippen LogP contribution is 2.18. The average molecular weight is 350 g/mol. The van der Waals surface area contributed by atoms with E-state index in [0.29, 0.717) is 17.9 Å². The van der Waals surface area contributed by atoms with E-state index in [-0.39, 0.29) is 12.0 Å². The summed E-state index contributed by atoms with van der Waals surface area (Å²) in [5.41, 5.74) is 2.54. The first-order valence-corrected chi connectivity index (χ1v) is 8.49. The van der Waals surface area contributed by atoms with Crippen molar-refractivity contribution in [3.8, 4) is 17.1 Å². The number of amides is 1. The number of para-hydroxylation sites is 1. The molecule has 0 fully saturated rings. The molecule has 0 aliphatic carbocycles. The van der Waals surface area contributed by atoms with Gasteiger partial charge in [-0.15, -0.1) is 0 Å². The number of carbonyl (C=O) groups is 1. The van der Waals surface area contributed by atoms with Crippen molar-refractivity contribution in [2.75, 3.05) is 6.54 Å². The van der Waals surface area contributed by atoms with Crippen LogP contribution < -0.4 is 10.1 Å². The van der Waals surface area contributed by atoms with Crippen LogP contribution in [0, 0.1) is 6.92 Å². The van der Waals surface area contributed by atoms with Gasteiger partial charge in [0.1, 0.15) is 18.2 Å². The first-order valence-electron chi connectivity index (χ1n) is 8.49. The van der Waals surface area contributed by atoms with Gasteiger partial charge in [0.05, 0.1) is 6.54 Å². The lowest BCUT2D eigenvalue weighted by Gasteiger charge is -2.17. The lowest BCUT2D eigenvalue weighted by atomic mass is 10.1. The maximum absolute atomic E-state index is 12.3. The summed E-state index contributed by atoms with van der Waals surface area (Å²) in [6.45, 7) is 4.36. The van der Waals surface area contributed by atoms with Gasteiger partial charge in [0, 0.05) is 18.2 Å². The quantitative estimate of drug-likeness (QED) is 0.742. The molecule has 0 bridgehead atoms. The van der Waals surface area contributed by atoms with Crippen molar-refractivity contribution in [2.24, 2.45) is 7.05 Å². The number of aryl methyl sites for hydroxylation is 2. The molecule has 26 heavy (non-hydrogen) atoms. The highest BCUT2D eigenvalue weighted by Gasteiger charge is 2.11. The summed E-state index contributed by atoms with van der Waals surface area (Å²) in [6, 6.07) is 15.1. The van der Waals surface area contributed by atoms with E-state index in [1.807, 2.05) is 57.3 Å². The Morgan fingerprint density at radius 1 is 1.19 bits per heavy atom. The van der Waals surface area contributed by atoms with Crippen LogP contribution in [0.4, 0.5) is 0 Å². The van der Waals surface area contributed by atoms with E-state index in [2.05, 4.69) is 15.4 Å². The van der Waals surface area contributed by atoms with E-state index in [4.69, 9.17) is 4.74 Å². The maximum atomic E-state index is 12.3. The van der Waals surface area contributed by atoms with Crippen LogP contribution in [0.15, 0.2) is 54.9 Å². The van der Waals surface area contributed by atoms with Gasteiger partial charge >= 0.3 is 0 Å². The van der Waals surface area contributed by atoms with Crippen molar-refractivity contribution in [3.05, 3.63) is 66.0 Å². The van der Waals surface area contributed by atoms with Gasteiger partial charge in [-0.25, -0.2) is 4.98 Å². The summed E-state index contributed by atoms with van der Waals surface area (Å²) < 4.78 is 7.52. The molecule has 0 spiro atoms. The van der Waals surface area contributed by atoms with Crippen LogP contribution in [0.5, 0.6) is 5.75 Å². The molecule has 1 heterocycles. The largest absolute Gasteiger partial charge is 0.489 e. The number of aromatic nitrogens is 3. The minimum atomic E-state index is -0.134. The molecule has 1 unspecified atom stereocenters. The Bertz CT molecular complexity index is 887. The predicted octanol–water partition coefficient (Wildman–Crippen LogP) is 2.99. The van der Waals surface area contributed by atoms with E-state index in [0.717, 1.165) is 16.9 Å². The Morgan fingerprint density at radius 3 is 2.58 bits per heavy atom. The summed E-state index contributed by atoms with van der Waals surface area (Å²) in [5, 5.41) is 7.15. The van der Waals surface area contributed by atoms with Crippen LogP contribution in [0.3, 0.4) is 0 Å². The second-order valence-corrected chi connectivity index (χ2v) is 6.22. The van der Waals surface area contributed by atoms with Crippen LogP contribution >= 0.6 is 0 Å². The minimum Gasteiger partial charge on any atom is -0.489 e. The van der Waals surface area contributed by atoms with E-state index in [9.17, 15) is 4.79 Å². The highest BCUT2D eigenvalue weighted by molar-refractivity contribution is 5.94. The van der Waals surface area contributed by atoms with Crippen molar-refractivity contribution >= 4 is 5.91 Å². The standard InChI is InChI=1S/C20H22N4O2/c1-14-6-4-5-7-18(14)26-15(2)12-21-20(25)17-10-8-16(9-11-17)19-22-13-24(3)23-19/h4-11,13,15H,12H2,1-3H3,(H,21,25). The summed E-state index contributed by atoms with van der Waals surface area (Å²) in [4.78, 5) is 16.5. The fourth-order valence-electron chi connectivity index (χ4n) is 2.53. The zero-order valence-corrected chi connectivity index (χ0v) is 15.1. The number of rotatable bonds is 6. The molecular formula is C20H22N4O2. The molecule has 0 saturated heterocycles. The van der Waals surface area contributed by atoms with E-state index in [1.54, 1.807) is 23.1 Å². The average Bonchev–Trinajstić information content (AvgIpc) is 3.08. The SMILES string of the molecule is Cc1ccccc1OC(C)CNC(=O)c1ccc(-c2ncn(C)n2)cc1. The molecule has 3 rings (SSSR count). The van der Waals surface area contributed by atoms with Crippen LogP contribution in [0.1, 0.15) is 22.8 Å². The summed E-state index contributed by atoms with van der Waals surface area (Å²) in [7, 11) is 1.82. The monoisotopic (exact) mass is 350 g/mol. The summed E-state index contributed by atoms with van der Waals surface area (Å²) in [6.07, 6.45) is 1.52. The third-order valence-electron chi connectivity index (χ3n) is 3.98. The van der Waals surface area contributed by atoms with Crippen molar-refractivity contribution in [1.82, 2.24) is 20.1 Å². The smallest absolute Gasteiger partial charge is 0.251 e. The van der Waals surface area contributed by atoms with Gasteiger partial charge in [-0.05, 0) is 37.6 Å². The molecule has 0 aliphatic rings. The Hall–Kier alpha value is -3.15. The normalized spacial score (nSPS) is 11.8. The Morgan fingerprint density at radius 2 is 1.92 bits per heavy atom. The molecular weight excluding hydrogens is 328 g/mol. The van der Waals surface area contributed by atoms with Gasteiger partial charge in [0.15, 0.2) is 5.82 Å². The number of benzene rings is 2. The lowest BCUT2D eigenvalue weighted by Crippen LogP contribution is -2.33. The minimum absolute atomic E-state index is 0.128. The summed E-state index contributed by atoms with van der Waals surface area (Å²) >= 11 is 0. The third kappa shape index (κ3) is 4.27. The van der Waals surface area contributed by atoms with Crippen LogP contribution in [-0.2, 0) is 7.05 Å². The fraction of sp³-hybridized carbons (Fsp3) is 0.250. The van der Waals surface area contributed by atoms with Crippen LogP contribution in [0.2, 0.25) is 0 Å². The summed E-state index contributed by atoms with van der Waals surface area (Å²) in [5.74, 6) is 1.34. The van der Waals surface area contributed by atoms with Gasteiger partial charge in [-0.2, -0.15) is 5.10 Å². The lowest BCUT2D eigenvalue weighted by molar-refractivity contribution is 0.0932. The van der Waals surface area contributed by atoms with Gasteiger partial charge in [0.25, 0.3) is 5.91 Å². The van der Waals surface area contributed by atoms with Crippen molar-refractivity contribution in [3.63, 3.8) is 0 Å². The highest BCUT2D eigenvalue weighted by atomic mass is 16.5. The molecule has 0 radical (unpaired) electrons. The number of nitrogens with zero attached hydrogens (tertiary/aromatic N) is 3. The second-order valence-electron chi connectivity index (χ2n) is 6.22. The van der Waals surface area contributed by atoms with Crippen LogP contribution in [-0.4, -0.2) is 33.3 Å². The molecule has 1 atom stereocenters. The molecule has 0 aliphatic heterocycles. The number of hydrogen-bond donors (Lipinski definition) is 1. The molecule has 3 aromatic rings. The number of hydrogen-bond acceptors (Lipinski definition) is 4.